The number of hydrogen-bond acceptors (Lipinski definition) is 22. The molecule has 28 heteroatoms. The first-order valence-electron chi connectivity index (χ1n) is 29.1. The van der Waals surface area contributed by atoms with Crippen molar-refractivity contribution in [3.05, 3.63) is 124 Å². The van der Waals surface area contributed by atoms with Gasteiger partial charge in [-0.1, -0.05) is 58.0 Å². The van der Waals surface area contributed by atoms with Gasteiger partial charge in [0.25, 0.3) is 33.7 Å². The lowest BCUT2D eigenvalue weighted by molar-refractivity contribution is -0.197. The van der Waals surface area contributed by atoms with E-state index >= 15 is 0 Å². The van der Waals surface area contributed by atoms with E-state index in [2.05, 4.69) is 15.5 Å². The maximum absolute atomic E-state index is 14.5. The van der Waals surface area contributed by atoms with Crippen molar-refractivity contribution in [2.24, 2.45) is 0 Å². The monoisotopic (exact) mass is 1320 g/mol. The van der Waals surface area contributed by atoms with Crippen LogP contribution in [0.25, 0.3) is 0 Å². The van der Waals surface area contributed by atoms with Gasteiger partial charge in [-0.05, 0) is 97.8 Å². The number of methoxy groups -OCH3 is 3. The molecule has 10 rings (SSSR count). The number of para-hydroxylation sites is 2. The molecular weight excluding hydrogens is 1240 g/mol. The minimum absolute atomic E-state index is 0.0146. The van der Waals surface area contributed by atoms with E-state index in [1.54, 1.807) is 37.4 Å². The average Bonchev–Trinajstić information content (AvgIpc) is 1.63. The molecule has 90 heavy (non-hydrogen) atoms. The summed E-state index contributed by atoms with van der Waals surface area (Å²) < 4.78 is 104. The number of amides is 4. The number of nitrogens with one attached hydrogen (secondary N) is 2. The second-order valence-electron chi connectivity index (χ2n) is 22.8. The zero-order valence-electron chi connectivity index (χ0n) is 50.6. The number of nitrogens with zero attached hydrogens (tertiary/aromatic N) is 4. The van der Waals surface area contributed by atoms with Crippen molar-refractivity contribution in [3.8, 4) is 23.0 Å². The van der Waals surface area contributed by atoms with E-state index in [4.69, 9.17) is 38.0 Å². The van der Waals surface area contributed by atoms with E-state index < -0.39 is 65.1 Å². The molecule has 5 heterocycles. The molecule has 5 aromatic carbocycles. The number of benzene rings is 5. The van der Waals surface area contributed by atoms with Crippen LogP contribution in [-0.2, 0) is 79.4 Å². The van der Waals surface area contributed by atoms with Crippen LogP contribution in [0.1, 0.15) is 76.1 Å². The number of hydroxylamine groups is 2. The fraction of sp³-hybridized carbons (Fsp3) is 0.435. The summed E-state index contributed by atoms with van der Waals surface area (Å²) in [5.74, 6) is -2.15. The number of carbonyl (C=O) groups is 5. The van der Waals surface area contributed by atoms with Crippen LogP contribution < -0.4 is 44.3 Å². The molecule has 0 radical (unpaired) electrons. The standard InChI is InChI=1S/C62H72N6O18S4/c1-62(2,88-87-24-17-55(89(6,74)75)61(73)86-68-56(69)15-16-57(68)70)37-65(18-19-82-22-23-83-21-20-79-3)42-26-38(35-84-53-32-46-44(30-51(53)80-4)59(71)66-43(34-63-46)28-40-11-7-9-13-48(40)66)25-39(27-42)36-85-54-33-47-45(31-52(54)81-5)60(72)67-49-14-10-8-12-41(49)29-50(67)58(64-47)90(76,77)78/h7-14,25-27,30-33,43,50,55,58,63-64H,15-24,28-29,34-37H2,1-6H3,(H,76,77,78)/t43-,50+,55?,58?/m0/s1. The average molecular weight is 1320 g/mol. The Morgan fingerprint density at radius 2 is 1.29 bits per heavy atom. The van der Waals surface area contributed by atoms with Crippen LogP contribution in [0.15, 0.2) is 91.0 Å². The summed E-state index contributed by atoms with van der Waals surface area (Å²) in [6.07, 6.45) is 1.31. The molecule has 3 N–H and O–H groups in total. The number of anilines is 5. The van der Waals surface area contributed by atoms with Crippen molar-refractivity contribution in [2.75, 3.05) is 111 Å². The lowest BCUT2D eigenvalue weighted by atomic mass is 10.1. The smallest absolute Gasteiger partial charge is 0.351 e. The van der Waals surface area contributed by atoms with E-state index in [1.165, 1.54) is 52.8 Å². The molecule has 1 fully saturated rings. The number of carbonyl (C=O) groups excluding carboxylic acids is 5. The molecule has 2 unspecified atom stereocenters. The fourth-order valence-corrected chi connectivity index (χ4v) is 16.2. The van der Waals surface area contributed by atoms with Gasteiger partial charge in [0, 0.05) is 85.5 Å². The van der Waals surface area contributed by atoms with Crippen LogP contribution in [0, 0.1) is 0 Å². The third-order valence-electron chi connectivity index (χ3n) is 15.9. The fourth-order valence-electron chi connectivity index (χ4n) is 11.6. The van der Waals surface area contributed by atoms with Crippen molar-refractivity contribution < 1.29 is 83.4 Å². The topological polar surface area (TPSA) is 285 Å². The maximum Gasteiger partial charge on any atom is 0.351 e. The first kappa shape index (κ1) is 65.6. The molecule has 5 aliphatic heterocycles. The van der Waals surface area contributed by atoms with Crippen LogP contribution in [0.2, 0.25) is 0 Å². The van der Waals surface area contributed by atoms with E-state index in [1.807, 2.05) is 67.3 Å². The first-order valence-corrected chi connectivity index (χ1v) is 34.9. The van der Waals surface area contributed by atoms with Gasteiger partial charge in [0.15, 0.2) is 43.5 Å². The van der Waals surface area contributed by atoms with Gasteiger partial charge in [0.2, 0.25) is 0 Å². The third-order valence-corrected chi connectivity index (χ3v) is 21.7. The van der Waals surface area contributed by atoms with Gasteiger partial charge in [0.05, 0.1) is 81.8 Å². The zero-order chi connectivity index (χ0) is 64.1. The van der Waals surface area contributed by atoms with E-state index in [-0.39, 0.29) is 92.6 Å². The number of ether oxygens (including phenoxy) is 7. The molecular formula is C62H72N6O18S4. The van der Waals surface area contributed by atoms with Crippen LogP contribution in [0.4, 0.5) is 28.4 Å². The van der Waals surface area contributed by atoms with Gasteiger partial charge in [-0.2, -0.15) is 8.42 Å². The third kappa shape index (κ3) is 14.9. The lowest BCUT2D eigenvalue weighted by Crippen LogP contribution is -2.49. The number of fused-ring (bicyclic) bond motifs is 8. The lowest BCUT2D eigenvalue weighted by Gasteiger charge is -2.34. The number of sulfone groups is 1. The summed E-state index contributed by atoms with van der Waals surface area (Å²) in [5, 5.41) is 3.54. The Morgan fingerprint density at radius 1 is 0.722 bits per heavy atom. The molecule has 1 saturated heterocycles. The second kappa shape index (κ2) is 28.1. The van der Waals surface area contributed by atoms with Crippen molar-refractivity contribution in [1.82, 2.24) is 5.06 Å². The van der Waals surface area contributed by atoms with Crippen molar-refractivity contribution in [1.29, 1.82) is 0 Å². The number of rotatable bonds is 29. The Bertz CT molecular complexity index is 3760. The Balaban J connectivity index is 0.946. The van der Waals surface area contributed by atoms with Crippen LogP contribution in [0.3, 0.4) is 0 Å². The quantitative estimate of drug-likeness (QED) is 0.0186. The highest BCUT2D eigenvalue weighted by atomic mass is 33.1. The molecule has 5 aromatic rings. The normalized spacial score (nSPS) is 18.0. The molecule has 5 aliphatic rings. The minimum atomic E-state index is -4.80. The highest BCUT2D eigenvalue weighted by Gasteiger charge is 2.48. The van der Waals surface area contributed by atoms with Gasteiger partial charge in [-0.15, -0.1) is 5.06 Å². The largest absolute Gasteiger partial charge is 0.493 e. The van der Waals surface area contributed by atoms with Crippen molar-refractivity contribution in [2.45, 2.75) is 86.6 Å². The molecule has 0 spiro atoms. The Kier molecular flexibility index (Phi) is 20.5. The van der Waals surface area contributed by atoms with Crippen molar-refractivity contribution >= 4 is 99.6 Å². The SMILES string of the molecule is COCCOCCOCCN(CC(C)(C)SSCCC(C(=O)ON1C(=O)CCC1=O)S(C)(=O)=O)c1cc(COc2cc3c(cc2OC)C(=O)N2c4ccccc4C[C@H]2CN3)cc(COc2cc3c(cc2OC)C(=O)N2c4ccccc4C[C@@H]2C(S(=O)(=O)O)N3)c1. The molecule has 4 atom stereocenters. The zero-order valence-corrected chi connectivity index (χ0v) is 53.9. The molecule has 0 bridgehead atoms. The summed E-state index contributed by atoms with van der Waals surface area (Å²) in [5.41, 5.74) is 6.46. The highest BCUT2D eigenvalue weighted by Crippen LogP contribution is 2.45. The van der Waals surface area contributed by atoms with Crippen LogP contribution in [0.5, 0.6) is 23.0 Å². The summed E-state index contributed by atoms with van der Waals surface area (Å²) in [6, 6.07) is 26.1. The Hall–Kier alpha value is -7.31. The summed E-state index contributed by atoms with van der Waals surface area (Å²) in [6.45, 7) is 6.80. The molecule has 4 amide bonds. The van der Waals surface area contributed by atoms with Gasteiger partial charge in [-0.3, -0.25) is 23.7 Å². The van der Waals surface area contributed by atoms with Gasteiger partial charge in [0.1, 0.15) is 13.2 Å². The minimum Gasteiger partial charge on any atom is -0.493 e. The van der Waals surface area contributed by atoms with E-state index in [9.17, 15) is 45.4 Å². The van der Waals surface area contributed by atoms with Crippen molar-refractivity contribution in [3.63, 3.8) is 0 Å². The van der Waals surface area contributed by atoms with E-state index in [0.29, 0.717) is 96.2 Å². The summed E-state index contributed by atoms with van der Waals surface area (Å²) in [4.78, 5) is 76.8. The maximum atomic E-state index is 14.5. The van der Waals surface area contributed by atoms with Gasteiger partial charge >= 0.3 is 5.97 Å². The van der Waals surface area contributed by atoms with Crippen LogP contribution in [-0.4, -0.2) is 170 Å². The van der Waals surface area contributed by atoms with Gasteiger partial charge < -0.3 is 63.3 Å². The predicted molar refractivity (Wildman–Crippen MR) is 340 cm³/mol. The number of hydrogen-bond donors (Lipinski definition) is 3. The predicted octanol–water partition coefficient (Wildman–Crippen LogP) is 7.13. The summed E-state index contributed by atoms with van der Waals surface area (Å²) in [7, 11) is -1.52. The van der Waals surface area contributed by atoms with Crippen LogP contribution >= 0.6 is 21.6 Å². The molecule has 0 aromatic heterocycles. The second-order valence-corrected chi connectivity index (χ2v) is 29.7. The Labute approximate surface area is 530 Å². The molecule has 482 valence electrons. The number of imide groups is 1. The highest BCUT2D eigenvalue weighted by molar-refractivity contribution is 8.77. The molecule has 0 aliphatic carbocycles. The molecule has 0 saturated carbocycles. The molecule has 24 nitrogen and oxygen atoms in total. The summed E-state index contributed by atoms with van der Waals surface area (Å²) >= 11 is 0. The first-order chi connectivity index (χ1) is 43.0. The van der Waals surface area contributed by atoms with Gasteiger partial charge in [-0.25, -0.2) is 13.2 Å². The Morgan fingerprint density at radius 3 is 1.90 bits per heavy atom. The van der Waals surface area contributed by atoms with E-state index in [0.717, 1.165) is 23.1 Å².